The molecule has 106 valence electrons. The SMILES string of the molecule is CC(C)(C)c1ccc(-c2cccc(S(=O)(=O)Cl)c2)cc1. The molecule has 2 aromatic carbocycles. The van der Waals surface area contributed by atoms with E-state index in [1.54, 1.807) is 12.1 Å². The van der Waals surface area contributed by atoms with Gasteiger partial charge in [-0.15, -0.1) is 0 Å². The minimum Gasteiger partial charge on any atom is -0.207 e. The molecule has 0 amide bonds. The zero-order valence-corrected chi connectivity index (χ0v) is 13.3. The van der Waals surface area contributed by atoms with Gasteiger partial charge in [0.2, 0.25) is 0 Å². The fourth-order valence-electron chi connectivity index (χ4n) is 1.99. The predicted molar refractivity (Wildman–Crippen MR) is 83.6 cm³/mol. The summed E-state index contributed by atoms with van der Waals surface area (Å²) in [5.74, 6) is 0. The molecule has 0 aliphatic rings. The minimum atomic E-state index is -3.69. The van der Waals surface area contributed by atoms with Gasteiger partial charge in [0, 0.05) is 10.7 Å². The average Bonchev–Trinajstić information content (AvgIpc) is 2.37. The van der Waals surface area contributed by atoms with Gasteiger partial charge in [0.05, 0.1) is 4.90 Å². The second-order valence-corrected chi connectivity index (χ2v) is 8.36. The van der Waals surface area contributed by atoms with Crippen LogP contribution in [0.25, 0.3) is 11.1 Å². The lowest BCUT2D eigenvalue weighted by Gasteiger charge is -2.19. The van der Waals surface area contributed by atoms with E-state index in [1.165, 1.54) is 11.6 Å². The largest absolute Gasteiger partial charge is 0.261 e. The Morgan fingerprint density at radius 2 is 1.50 bits per heavy atom. The van der Waals surface area contributed by atoms with Gasteiger partial charge in [-0.05, 0) is 34.2 Å². The lowest BCUT2D eigenvalue weighted by molar-refractivity contribution is 0.590. The van der Waals surface area contributed by atoms with E-state index >= 15 is 0 Å². The third-order valence-electron chi connectivity index (χ3n) is 3.20. The van der Waals surface area contributed by atoms with Gasteiger partial charge < -0.3 is 0 Å². The standard InChI is InChI=1S/C16H17ClO2S/c1-16(2,3)14-9-7-12(8-10-14)13-5-4-6-15(11-13)20(17,18)19/h4-11H,1-3H3. The van der Waals surface area contributed by atoms with Crippen LogP contribution in [0.15, 0.2) is 53.4 Å². The molecule has 2 aromatic rings. The first-order valence-electron chi connectivity index (χ1n) is 6.33. The number of halogens is 1. The molecule has 0 aromatic heterocycles. The molecule has 2 rings (SSSR count). The first-order chi connectivity index (χ1) is 9.18. The van der Waals surface area contributed by atoms with Crippen molar-refractivity contribution in [2.24, 2.45) is 0 Å². The molecule has 0 N–H and O–H groups in total. The predicted octanol–water partition coefficient (Wildman–Crippen LogP) is 4.58. The van der Waals surface area contributed by atoms with E-state index < -0.39 is 9.05 Å². The van der Waals surface area contributed by atoms with Gasteiger partial charge >= 0.3 is 0 Å². The molecule has 0 radical (unpaired) electrons. The minimum absolute atomic E-state index is 0.0971. The van der Waals surface area contributed by atoms with Gasteiger partial charge in [0.15, 0.2) is 0 Å². The summed E-state index contributed by atoms with van der Waals surface area (Å²) in [5, 5.41) is 0. The molecule has 0 bridgehead atoms. The Morgan fingerprint density at radius 3 is 2.00 bits per heavy atom. The maximum atomic E-state index is 11.4. The highest BCUT2D eigenvalue weighted by atomic mass is 35.7. The smallest absolute Gasteiger partial charge is 0.207 e. The van der Waals surface area contributed by atoms with Crippen molar-refractivity contribution in [1.82, 2.24) is 0 Å². The van der Waals surface area contributed by atoms with Crippen LogP contribution >= 0.6 is 10.7 Å². The molecule has 0 atom stereocenters. The van der Waals surface area contributed by atoms with Crippen LogP contribution in [-0.4, -0.2) is 8.42 Å². The van der Waals surface area contributed by atoms with E-state index in [9.17, 15) is 8.42 Å². The van der Waals surface area contributed by atoms with Crippen LogP contribution in [-0.2, 0) is 14.5 Å². The Labute approximate surface area is 124 Å². The Kier molecular flexibility index (Phi) is 3.94. The zero-order chi connectivity index (χ0) is 15.0. The third kappa shape index (κ3) is 3.41. The molecule has 0 saturated carbocycles. The molecule has 0 heterocycles. The summed E-state index contributed by atoms with van der Waals surface area (Å²) >= 11 is 0. The quantitative estimate of drug-likeness (QED) is 0.761. The van der Waals surface area contributed by atoms with Gasteiger partial charge in [0.25, 0.3) is 9.05 Å². The first kappa shape index (κ1) is 15.1. The van der Waals surface area contributed by atoms with Gasteiger partial charge in [-0.3, -0.25) is 0 Å². The van der Waals surface area contributed by atoms with Crippen molar-refractivity contribution in [2.45, 2.75) is 31.1 Å². The van der Waals surface area contributed by atoms with E-state index in [0.717, 1.165) is 11.1 Å². The number of hydrogen-bond donors (Lipinski definition) is 0. The molecule has 0 aliphatic heterocycles. The fourth-order valence-corrected chi connectivity index (χ4v) is 2.79. The van der Waals surface area contributed by atoms with Crippen LogP contribution < -0.4 is 0 Å². The topological polar surface area (TPSA) is 34.1 Å². The fraction of sp³-hybridized carbons (Fsp3) is 0.250. The molecule has 0 fully saturated rings. The van der Waals surface area contributed by atoms with E-state index in [1.807, 2.05) is 18.2 Å². The molecule has 0 unspecified atom stereocenters. The van der Waals surface area contributed by atoms with Crippen molar-refractivity contribution in [3.05, 3.63) is 54.1 Å². The Hall–Kier alpha value is -1.32. The summed E-state index contributed by atoms with van der Waals surface area (Å²) in [5.41, 5.74) is 3.15. The summed E-state index contributed by atoms with van der Waals surface area (Å²) in [6.45, 7) is 6.47. The maximum absolute atomic E-state index is 11.4. The van der Waals surface area contributed by atoms with Crippen molar-refractivity contribution in [3.8, 4) is 11.1 Å². The Morgan fingerprint density at radius 1 is 0.900 bits per heavy atom. The van der Waals surface area contributed by atoms with Crippen molar-refractivity contribution in [2.75, 3.05) is 0 Å². The zero-order valence-electron chi connectivity index (χ0n) is 11.7. The van der Waals surface area contributed by atoms with Crippen molar-refractivity contribution < 1.29 is 8.42 Å². The van der Waals surface area contributed by atoms with Crippen molar-refractivity contribution in [1.29, 1.82) is 0 Å². The molecule has 0 aliphatic carbocycles. The Bertz CT molecular complexity index is 711. The molecule has 4 heteroatoms. The number of rotatable bonds is 2. The lowest BCUT2D eigenvalue weighted by Crippen LogP contribution is -2.10. The van der Waals surface area contributed by atoms with Crippen molar-refractivity contribution in [3.63, 3.8) is 0 Å². The maximum Gasteiger partial charge on any atom is 0.261 e. The molecule has 20 heavy (non-hydrogen) atoms. The highest BCUT2D eigenvalue weighted by molar-refractivity contribution is 8.13. The first-order valence-corrected chi connectivity index (χ1v) is 8.64. The molecule has 0 spiro atoms. The molecular formula is C16H17ClO2S. The molecule has 2 nitrogen and oxygen atoms in total. The normalized spacial score (nSPS) is 12.4. The van der Waals surface area contributed by atoms with Gasteiger partial charge in [-0.25, -0.2) is 8.42 Å². The monoisotopic (exact) mass is 308 g/mol. The second-order valence-electron chi connectivity index (χ2n) is 5.79. The second kappa shape index (κ2) is 5.23. The van der Waals surface area contributed by atoms with E-state index in [-0.39, 0.29) is 10.3 Å². The summed E-state index contributed by atoms with van der Waals surface area (Å²) in [6.07, 6.45) is 0. The van der Waals surface area contributed by atoms with Crippen LogP contribution in [0.4, 0.5) is 0 Å². The Balaban J connectivity index is 2.43. The number of hydrogen-bond acceptors (Lipinski definition) is 2. The summed E-state index contributed by atoms with van der Waals surface area (Å²) in [6, 6.07) is 14.8. The van der Waals surface area contributed by atoms with E-state index in [2.05, 4.69) is 32.9 Å². The van der Waals surface area contributed by atoms with Crippen LogP contribution in [0.5, 0.6) is 0 Å². The average molecular weight is 309 g/mol. The van der Waals surface area contributed by atoms with Crippen LogP contribution in [0.2, 0.25) is 0 Å². The third-order valence-corrected chi connectivity index (χ3v) is 4.55. The molecular weight excluding hydrogens is 292 g/mol. The molecule has 0 saturated heterocycles. The summed E-state index contributed by atoms with van der Waals surface area (Å²) in [4.78, 5) is 0.122. The highest BCUT2D eigenvalue weighted by Crippen LogP contribution is 2.27. The van der Waals surface area contributed by atoms with E-state index in [0.29, 0.717) is 0 Å². The van der Waals surface area contributed by atoms with Crippen LogP contribution in [0.3, 0.4) is 0 Å². The van der Waals surface area contributed by atoms with Gasteiger partial charge in [-0.1, -0.05) is 57.2 Å². The van der Waals surface area contributed by atoms with Crippen molar-refractivity contribution >= 4 is 19.7 Å². The van der Waals surface area contributed by atoms with Crippen LogP contribution in [0, 0.1) is 0 Å². The van der Waals surface area contributed by atoms with Gasteiger partial charge in [-0.2, -0.15) is 0 Å². The lowest BCUT2D eigenvalue weighted by atomic mass is 9.86. The number of benzene rings is 2. The van der Waals surface area contributed by atoms with Crippen LogP contribution in [0.1, 0.15) is 26.3 Å². The van der Waals surface area contributed by atoms with E-state index in [4.69, 9.17) is 10.7 Å². The highest BCUT2D eigenvalue weighted by Gasteiger charge is 2.14. The summed E-state index contributed by atoms with van der Waals surface area (Å²) < 4.78 is 22.7. The summed E-state index contributed by atoms with van der Waals surface area (Å²) in [7, 11) is 1.68. The van der Waals surface area contributed by atoms with Gasteiger partial charge in [0.1, 0.15) is 0 Å².